The summed E-state index contributed by atoms with van der Waals surface area (Å²) in [6.07, 6.45) is 6.62. The van der Waals surface area contributed by atoms with Crippen LogP contribution in [0.2, 0.25) is 0 Å². The van der Waals surface area contributed by atoms with Crippen molar-refractivity contribution in [2.45, 2.75) is 25.8 Å². The number of amides is 1. The van der Waals surface area contributed by atoms with Crippen LogP contribution in [-0.2, 0) is 18.3 Å². The van der Waals surface area contributed by atoms with Gasteiger partial charge < -0.3 is 10.3 Å². The van der Waals surface area contributed by atoms with Gasteiger partial charge in [-0.05, 0) is 24.5 Å². The largest absolute Gasteiger partial charge is 0.346 e. The molecule has 0 saturated carbocycles. The van der Waals surface area contributed by atoms with Gasteiger partial charge >= 0.3 is 0 Å². The van der Waals surface area contributed by atoms with Crippen LogP contribution in [0.5, 0.6) is 0 Å². The molecule has 1 atom stereocenters. The number of carbonyl (C=O) groups excluding carboxylic acids is 1. The molecule has 2 N–H and O–H groups in total. The lowest BCUT2D eigenvalue weighted by atomic mass is 10.2. The van der Waals surface area contributed by atoms with E-state index in [2.05, 4.69) is 20.4 Å². The van der Waals surface area contributed by atoms with Crippen LogP contribution in [0.3, 0.4) is 0 Å². The summed E-state index contributed by atoms with van der Waals surface area (Å²) in [6, 6.07) is 9.83. The van der Waals surface area contributed by atoms with Crippen LogP contribution in [0.15, 0.2) is 48.9 Å². The first-order valence-electron chi connectivity index (χ1n) is 7.99. The highest BCUT2D eigenvalue weighted by atomic mass is 16.1. The summed E-state index contributed by atoms with van der Waals surface area (Å²) in [7, 11) is 1.87. The molecule has 1 aromatic carbocycles. The molecule has 0 radical (unpaired) electrons. The van der Waals surface area contributed by atoms with Gasteiger partial charge in [0.1, 0.15) is 5.82 Å². The first-order valence-corrected chi connectivity index (χ1v) is 7.99. The van der Waals surface area contributed by atoms with E-state index in [1.165, 1.54) is 0 Å². The van der Waals surface area contributed by atoms with Crippen molar-refractivity contribution in [2.75, 3.05) is 0 Å². The highest BCUT2D eigenvalue weighted by molar-refractivity contribution is 5.76. The third-order valence-electron chi connectivity index (χ3n) is 3.87. The van der Waals surface area contributed by atoms with Crippen molar-refractivity contribution in [2.24, 2.45) is 7.05 Å². The summed E-state index contributed by atoms with van der Waals surface area (Å²) in [5.41, 5.74) is 3.08. The van der Waals surface area contributed by atoms with Crippen molar-refractivity contribution < 1.29 is 4.79 Å². The molecule has 0 aliphatic carbocycles. The van der Waals surface area contributed by atoms with Gasteiger partial charge in [0.2, 0.25) is 5.91 Å². The molecule has 3 aromatic rings. The molecule has 6 heteroatoms. The van der Waals surface area contributed by atoms with Gasteiger partial charge in [0.25, 0.3) is 0 Å². The Morgan fingerprint density at radius 3 is 2.79 bits per heavy atom. The van der Waals surface area contributed by atoms with Crippen molar-refractivity contribution >= 4 is 5.91 Å². The van der Waals surface area contributed by atoms with Crippen LogP contribution in [-0.4, -0.2) is 25.7 Å². The van der Waals surface area contributed by atoms with Crippen LogP contribution < -0.4 is 5.32 Å². The third kappa shape index (κ3) is 3.90. The zero-order chi connectivity index (χ0) is 16.9. The van der Waals surface area contributed by atoms with E-state index in [1.807, 2.05) is 50.5 Å². The molecule has 0 fully saturated rings. The number of aromatic nitrogens is 4. The Hall–Kier alpha value is -2.89. The highest BCUT2D eigenvalue weighted by Crippen LogP contribution is 2.18. The number of aromatic amines is 1. The predicted molar refractivity (Wildman–Crippen MR) is 92.1 cm³/mol. The molecule has 3 rings (SSSR count). The molecule has 0 bridgehead atoms. The van der Waals surface area contributed by atoms with E-state index in [4.69, 9.17) is 0 Å². The molecule has 124 valence electrons. The lowest BCUT2D eigenvalue weighted by Crippen LogP contribution is -2.27. The fourth-order valence-corrected chi connectivity index (χ4v) is 2.56. The van der Waals surface area contributed by atoms with Crippen LogP contribution in [0.4, 0.5) is 0 Å². The standard InChI is InChI=1S/C18H21N5O/c1-13(21-17(24)9-8-14-10-20-23(2)12-14)18-19-11-16(22-18)15-6-4-3-5-7-15/h3-7,10-13H,8-9H2,1-2H3,(H,19,22)(H,21,24). The number of nitrogens with zero attached hydrogens (tertiary/aromatic N) is 3. The number of hydrogen-bond acceptors (Lipinski definition) is 3. The van der Waals surface area contributed by atoms with E-state index < -0.39 is 0 Å². The minimum atomic E-state index is -0.163. The van der Waals surface area contributed by atoms with Gasteiger partial charge in [-0.15, -0.1) is 0 Å². The van der Waals surface area contributed by atoms with E-state index >= 15 is 0 Å². The Kier molecular flexibility index (Phi) is 4.74. The molecular weight excluding hydrogens is 302 g/mol. The second kappa shape index (κ2) is 7.12. The number of carbonyl (C=O) groups is 1. The number of imidazole rings is 1. The number of rotatable bonds is 6. The van der Waals surface area contributed by atoms with Crippen LogP contribution in [0.25, 0.3) is 11.3 Å². The first-order chi connectivity index (χ1) is 11.6. The van der Waals surface area contributed by atoms with Gasteiger partial charge in [0.15, 0.2) is 0 Å². The Balaban J connectivity index is 1.55. The lowest BCUT2D eigenvalue weighted by Gasteiger charge is -2.11. The summed E-state index contributed by atoms with van der Waals surface area (Å²) >= 11 is 0. The molecule has 24 heavy (non-hydrogen) atoms. The summed E-state index contributed by atoms with van der Waals surface area (Å²) < 4.78 is 1.74. The summed E-state index contributed by atoms with van der Waals surface area (Å²) in [5.74, 6) is 0.757. The lowest BCUT2D eigenvalue weighted by molar-refractivity contribution is -0.121. The quantitative estimate of drug-likeness (QED) is 0.732. The van der Waals surface area contributed by atoms with Crippen LogP contribution >= 0.6 is 0 Å². The van der Waals surface area contributed by atoms with Gasteiger partial charge in [0, 0.05) is 19.7 Å². The highest BCUT2D eigenvalue weighted by Gasteiger charge is 2.13. The van der Waals surface area contributed by atoms with E-state index in [9.17, 15) is 4.79 Å². The van der Waals surface area contributed by atoms with E-state index in [1.54, 1.807) is 17.1 Å². The molecule has 1 amide bonds. The monoisotopic (exact) mass is 323 g/mol. The summed E-state index contributed by atoms with van der Waals surface area (Å²) in [4.78, 5) is 19.8. The van der Waals surface area contributed by atoms with Gasteiger partial charge in [0.05, 0.1) is 24.1 Å². The molecule has 0 aliphatic heterocycles. The van der Waals surface area contributed by atoms with Crippen molar-refractivity contribution in [3.8, 4) is 11.3 Å². The Morgan fingerprint density at radius 2 is 2.08 bits per heavy atom. The normalized spacial score (nSPS) is 12.1. The number of H-pyrrole nitrogens is 1. The topological polar surface area (TPSA) is 75.6 Å². The maximum atomic E-state index is 12.1. The average molecular weight is 323 g/mol. The summed E-state index contributed by atoms with van der Waals surface area (Å²) in [5, 5.41) is 7.08. The van der Waals surface area contributed by atoms with E-state index in [-0.39, 0.29) is 11.9 Å². The summed E-state index contributed by atoms with van der Waals surface area (Å²) in [6.45, 7) is 1.93. The maximum Gasteiger partial charge on any atom is 0.220 e. The maximum absolute atomic E-state index is 12.1. The predicted octanol–water partition coefficient (Wildman–Crippen LogP) is 2.62. The Morgan fingerprint density at radius 1 is 1.29 bits per heavy atom. The Labute approximate surface area is 140 Å². The minimum absolute atomic E-state index is 0.00372. The van der Waals surface area contributed by atoms with Crippen LogP contribution in [0, 0.1) is 0 Å². The Bertz CT molecular complexity index is 806. The van der Waals surface area contributed by atoms with Gasteiger partial charge in [-0.3, -0.25) is 9.48 Å². The average Bonchev–Trinajstić information content (AvgIpc) is 3.23. The van der Waals surface area contributed by atoms with Crippen molar-refractivity contribution in [1.29, 1.82) is 0 Å². The molecule has 1 unspecified atom stereocenters. The zero-order valence-electron chi connectivity index (χ0n) is 13.9. The van der Waals surface area contributed by atoms with Gasteiger partial charge in [-0.1, -0.05) is 30.3 Å². The van der Waals surface area contributed by atoms with Crippen molar-refractivity contribution in [3.63, 3.8) is 0 Å². The number of hydrogen-bond donors (Lipinski definition) is 2. The fourth-order valence-electron chi connectivity index (χ4n) is 2.56. The third-order valence-corrected chi connectivity index (χ3v) is 3.87. The molecular formula is C18H21N5O. The zero-order valence-corrected chi connectivity index (χ0v) is 13.9. The molecule has 6 nitrogen and oxygen atoms in total. The van der Waals surface area contributed by atoms with Crippen molar-refractivity contribution in [3.05, 3.63) is 60.3 Å². The van der Waals surface area contributed by atoms with Gasteiger partial charge in [-0.25, -0.2) is 4.98 Å². The van der Waals surface area contributed by atoms with Crippen molar-refractivity contribution in [1.82, 2.24) is 25.1 Å². The van der Waals surface area contributed by atoms with Gasteiger partial charge in [-0.2, -0.15) is 5.10 Å². The van der Waals surface area contributed by atoms with E-state index in [0.717, 1.165) is 22.6 Å². The second-order valence-electron chi connectivity index (χ2n) is 5.86. The second-order valence-corrected chi connectivity index (χ2v) is 5.86. The van der Waals surface area contributed by atoms with Crippen LogP contribution in [0.1, 0.15) is 30.8 Å². The minimum Gasteiger partial charge on any atom is -0.346 e. The first kappa shape index (κ1) is 16.0. The molecule has 0 saturated heterocycles. The number of benzene rings is 1. The SMILES string of the molecule is CC(NC(=O)CCc1cnn(C)c1)c1ncc(-c2ccccc2)[nH]1. The smallest absolute Gasteiger partial charge is 0.220 e. The number of nitrogens with one attached hydrogen (secondary N) is 2. The van der Waals surface area contributed by atoms with E-state index in [0.29, 0.717) is 12.8 Å². The molecule has 2 heterocycles. The number of aryl methyl sites for hydroxylation is 2. The molecule has 2 aromatic heterocycles. The fraction of sp³-hybridized carbons (Fsp3) is 0.278. The molecule has 0 aliphatic rings. The molecule has 0 spiro atoms.